The van der Waals surface area contributed by atoms with Crippen LogP contribution in [0.4, 0.5) is 5.69 Å². The number of sulfonamides is 1. The predicted octanol–water partition coefficient (Wildman–Crippen LogP) is 2.45. The van der Waals surface area contributed by atoms with E-state index in [2.05, 4.69) is 5.32 Å². The molecule has 1 N–H and O–H groups in total. The molecule has 0 aliphatic carbocycles. The molecule has 0 bridgehead atoms. The summed E-state index contributed by atoms with van der Waals surface area (Å²) in [6.07, 6.45) is 2.33. The van der Waals surface area contributed by atoms with E-state index >= 15 is 0 Å². The molecule has 0 saturated carbocycles. The van der Waals surface area contributed by atoms with Crippen molar-refractivity contribution in [3.8, 4) is 0 Å². The van der Waals surface area contributed by atoms with Gasteiger partial charge in [0.05, 0.1) is 6.26 Å². The highest BCUT2D eigenvalue weighted by atomic mass is 32.2. The van der Waals surface area contributed by atoms with E-state index in [1.165, 1.54) is 10.6 Å². The van der Waals surface area contributed by atoms with E-state index in [1.807, 2.05) is 42.5 Å². The number of carbonyl (C=O) groups is 1. The average molecular weight is 332 g/mol. The summed E-state index contributed by atoms with van der Waals surface area (Å²) in [5.41, 5.74) is 0.777. The van der Waals surface area contributed by atoms with Crippen molar-refractivity contribution in [3.63, 3.8) is 0 Å². The number of anilines is 1. The van der Waals surface area contributed by atoms with E-state index in [1.54, 1.807) is 0 Å². The molecular weight excluding hydrogens is 312 g/mol. The first kappa shape index (κ1) is 16.0. The Morgan fingerprint density at radius 1 is 1.09 bits per heavy atom. The normalized spacial score (nSPS) is 17.3. The first-order valence-corrected chi connectivity index (χ1v) is 9.53. The zero-order valence-corrected chi connectivity index (χ0v) is 13.8. The van der Waals surface area contributed by atoms with Crippen LogP contribution in [0.2, 0.25) is 0 Å². The van der Waals surface area contributed by atoms with Gasteiger partial charge in [-0.05, 0) is 35.7 Å². The second-order valence-corrected chi connectivity index (χ2v) is 7.97. The smallest absolute Gasteiger partial charge is 0.227 e. The van der Waals surface area contributed by atoms with Crippen LogP contribution < -0.4 is 5.32 Å². The molecule has 3 rings (SSSR count). The Bertz CT molecular complexity index is 825. The Morgan fingerprint density at radius 2 is 1.74 bits per heavy atom. The highest BCUT2D eigenvalue weighted by Crippen LogP contribution is 2.23. The minimum atomic E-state index is -3.16. The monoisotopic (exact) mass is 332 g/mol. The van der Waals surface area contributed by atoms with Crippen LogP contribution >= 0.6 is 0 Å². The molecule has 1 heterocycles. The third-order valence-electron chi connectivity index (χ3n) is 4.31. The summed E-state index contributed by atoms with van der Waals surface area (Å²) in [7, 11) is -3.16. The van der Waals surface area contributed by atoms with Gasteiger partial charge in [0.2, 0.25) is 15.9 Å². The lowest BCUT2D eigenvalue weighted by atomic mass is 9.97. The first-order valence-electron chi connectivity index (χ1n) is 7.68. The average Bonchev–Trinajstić information content (AvgIpc) is 2.54. The minimum Gasteiger partial charge on any atom is -0.326 e. The lowest BCUT2D eigenvalue weighted by Gasteiger charge is -2.29. The second kappa shape index (κ2) is 6.29. The third-order valence-corrected chi connectivity index (χ3v) is 5.61. The number of hydrogen-bond donors (Lipinski definition) is 1. The molecule has 0 aromatic heterocycles. The van der Waals surface area contributed by atoms with Crippen molar-refractivity contribution >= 4 is 32.4 Å². The summed E-state index contributed by atoms with van der Waals surface area (Å²) < 4.78 is 24.4. The summed E-state index contributed by atoms with van der Waals surface area (Å²) in [6.45, 7) is 0.823. The van der Waals surface area contributed by atoms with Crippen molar-refractivity contribution < 1.29 is 13.2 Å². The number of nitrogens with zero attached hydrogens (tertiary/aromatic N) is 1. The highest BCUT2D eigenvalue weighted by Gasteiger charge is 2.28. The van der Waals surface area contributed by atoms with Crippen LogP contribution in [-0.4, -0.2) is 38.0 Å². The summed E-state index contributed by atoms with van der Waals surface area (Å²) in [5, 5.41) is 5.16. The van der Waals surface area contributed by atoms with E-state index in [-0.39, 0.29) is 11.8 Å². The van der Waals surface area contributed by atoms with E-state index in [9.17, 15) is 13.2 Å². The molecule has 122 valence electrons. The summed E-state index contributed by atoms with van der Waals surface area (Å²) in [4.78, 5) is 12.4. The first-order chi connectivity index (χ1) is 10.9. The minimum absolute atomic E-state index is 0.0339. The molecule has 0 unspecified atom stereocenters. The predicted molar refractivity (Wildman–Crippen MR) is 91.7 cm³/mol. The van der Waals surface area contributed by atoms with E-state index < -0.39 is 10.0 Å². The van der Waals surface area contributed by atoms with Gasteiger partial charge < -0.3 is 5.32 Å². The van der Waals surface area contributed by atoms with Gasteiger partial charge in [-0.1, -0.05) is 30.3 Å². The van der Waals surface area contributed by atoms with Crippen molar-refractivity contribution in [1.82, 2.24) is 4.31 Å². The number of fused-ring (bicyclic) bond motifs is 1. The van der Waals surface area contributed by atoms with Crippen molar-refractivity contribution in [1.29, 1.82) is 0 Å². The Morgan fingerprint density at radius 3 is 2.39 bits per heavy atom. The number of hydrogen-bond acceptors (Lipinski definition) is 3. The molecule has 1 aliphatic rings. The van der Waals surface area contributed by atoms with E-state index in [0.29, 0.717) is 25.9 Å². The Hall–Kier alpha value is -1.92. The van der Waals surface area contributed by atoms with Crippen LogP contribution in [0.25, 0.3) is 10.8 Å². The molecule has 23 heavy (non-hydrogen) atoms. The zero-order valence-electron chi connectivity index (χ0n) is 13.0. The fourth-order valence-corrected chi connectivity index (χ4v) is 3.84. The van der Waals surface area contributed by atoms with Crippen molar-refractivity contribution in [2.45, 2.75) is 12.8 Å². The molecule has 1 saturated heterocycles. The molecule has 1 fully saturated rings. The number of benzene rings is 2. The van der Waals surface area contributed by atoms with Gasteiger partial charge in [0.15, 0.2) is 0 Å². The van der Waals surface area contributed by atoms with Crippen molar-refractivity contribution in [3.05, 3.63) is 42.5 Å². The van der Waals surface area contributed by atoms with Crippen LogP contribution in [-0.2, 0) is 14.8 Å². The summed E-state index contributed by atoms with van der Waals surface area (Å²) in [5.74, 6) is -0.173. The van der Waals surface area contributed by atoms with Crippen LogP contribution in [0.15, 0.2) is 42.5 Å². The van der Waals surface area contributed by atoms with Crippen LogP contribution in [0, 0.1) is 5.92 Å². The van der Waals surface area contributed by atoms with Crippen molar-refractivity contribution in [2.75, 3.05) is 24.7 Å². The number of nitrogens with one attached hydrogen (secondary N) is 1. The molecule has 0 radical (unpaired) electrons. The molecule has 2 aromatic carbocycles. The third kappa shape index (κ3) is 3.71. The van der Waals surface area contributed by atoms with Gasteiger partial charge in [-0.25, -0.2) is 12.7 Å². The molecule has 2 aromatic rings. The number of carbonyl (C=O) groups excluding carboxylic acids is 1. The van der Waals surface area contributed by atoms with Crippen LogP contribution in [0.5, 0.6) is 0 Å². The maximum Gasteiger partial charge on any atom is 0.227 e. The van der Waals surface area contributed by atoms with Gasteiger partial charge in [0.1, 0.15) is 0 Å². The van der Waals surface area contributed by atoms with Gasteiger partial charge in [-0.3, -0.25) is 4.79 Å². The molecule has 1 amide bonds. The lowest BCUT2D eigenvalue weighted by Crippen LogP contribution is -2.40. The highest BCUT2D eigenvalue weighted by molar-refractivity contribution is 7.88. The van der Waals surface area contributed by atoms with Crippen LogP contribution in [0.1, 0.15) is 12.8 Å². The quantitative estimate of drug-likeness (QED) is 0.939. The fourth-order valence-electron chi connectivity index (χ4n) is 2.96. The van der Waals surface area contributed by atoms with Gasteiger partial charge >= 0.3 is 0 Å². The summed E-state index contributed by atoms with van der Waals surface area (Å²) in [6, 6.07) is 13.8. The van der Waals surface area contributed by atoms with E-state index in [4.69, 9.17) is 0 Å². The topological polar surface area (TPSA) is 66.5 Å². The van der Waals surface area contributed by atoms with Gasteiger partial charge in [0.25, 0.3) is 0 Å². The molecule has 0 spiro atoms. The summed E-state index contributed by atoms with van der Waals surface area (Å²) >= 11 is 0. The van der Waals surface area contributed by atoms with Crippen molar-refractivity contribution in [2.24, 2.45) is 5.92 Å². The number of amides is 1. The Labute approximate surface area is 136 Å². The molecular formula is C17H20N2O3S. The number of piperidine rings is 1. The molecule has 1 aliphatic heterocycles. The van der Waals surface area contributed by atoms with E-state index in [0.717, 1.165) is 16.5 Å². The Balaban J connectivity index is 1.65. The van der Waals surface area contributed by atoms with Crippen LogP contribution in [0.3, 0.4) is 0 Å². The molecule has 5 nitrogen and oxygen atoms in total. The van der Waals surface area contributed by atoms with Gasteiger partial charge in [-0.15, -0.1) is 0 Å². The fraction of sp³-hybridized carbons (Fsp3) is 0.353. The zero-order chi connectivity index (χ0) is 16.4. The molecule has 6 heteroatoms. The molecule has 0 atom stereocenters. The second-order valence-electron chi connectivity index (χ2n) is 5.99. The largest absolute Gasteiger partial charge is 0.326 e. The lowest BCUT2D eigenvalue weighted by molar-refractivity contribution is -0.120. The Kier molecular flexibility index (Phi) is 4.37. The van der Waals surface area contributed by atoms with Gasteiger partial charge in [0, 0.05) is 24.7 Å². The number of rotatable bonds is 3. The maximum absolute atomic E-state index is 12.4. The SMILES string of the molecule is CS(=O)(=O)N1CCC(C(=O)Nc2ccc3ccccc3c2)CC1. The van der Waals surface area contributed by atoms with Gasteiger partial charge in [-0.2, -0.15) is 0 Å². The standard InChI is InChI=1S/C17H20N2O3S/c1-23(21,22)19-10-8-14(9-11-19)17(20)18-16-7-6-13-4-2-3-5-15(13)12-16/h2-7,12,14H,8-11H2,1H3,(H,18,20). The maximum atomic E-state index is 12.4.